The highest BCUT2D eigenvalue weighted by molar-refractivity contribution is 5.69. The second kappa shape index (κ2) is 41.3. The summed E-state index contributed by atoms with van der Waals surface area (Å²) in [6.07, 6.45) is 28.0. The van der Waals surface area contributed by atoms with Gasteiger partial charge in [0.2, 0.25) is 0 Å². The SMILES string of the molecule is CCCCCCCCC(=O)OCCN(CCOC(=O)OC(CCCCCC)CCCC(=O)OCC(CCCCCC)CCCCCCCC)CCN(CC)CC. The Morgan fingerprint density at radius 3 is 1.43 bits per heavy atom. The number of likely N-dealkylation sites (N-methyl/N-ethyl adjacent to an activating group) is 1. The maximum absolute atomic E-state index is 12.9. The Balaban J connectivity index is 4.89. The van der Waals surface area contributed by atoms with Crippen molar-refractivity contribution in [1.29, 1.82) is 0 Å². The van der Waals surface area contributed by atoms with Crippen LogP contribution >= 0.6 is 0 Å². The van der Waals surface area contributed by atoms with E-state index in [9.17, 15) is 14.4 Å². The van der Waals surface area contributed by atoms with Gasteiger partial charge in [-0.15, -0.1) is 0 Å². The molecular formula is C47H92N2O7. The predicted octanol–water partition coefficient (Wildman–Crippen LogP) is 12.5. The van der Waals surface area contributed by atoms with Gasteiger partial charge < -0.3 is 23.8 Å². The normalized spacial score (nSPS) is 12.6. The lowest BCUT2D eigenvalue weighted by molar-refractivity contribution is -0.145. The molecule has 332 valence electrons. The van der Waals surface area contributed by atoms with Gasteiger partial charge in [0, 0.05) is 39.0 Å². The quantitative estimate of drug-likeness (QED) is 0.0340. The average Bonchev–Trinajstić information content (AvgIpc) is 3.19. The maximum atomic E-state index is 12.9. The number of carbonyl (C=O) groups excluding carboxylic acids is 3. The molecular weight excluding hydrogens is 705 g/mol. The van der Waals surface area contributed by atoms with E-state index in [2.05, 4.69) is 51.3 Å². The molecule has 0 saturated heterocycles. The van der Waals surface area contributed by atoms with Crippen molar-refractivity contribution in [2.45, 2.75) is 221 Å². The van der Waals surface area contributed by atoms with Gasteiger partial charge in [0.1, 0.15) is 19.3 Å². The molecule has 9 heteroatoms. The number of carbonyl (C=O) groups is 3. The highest BCUT2D eigenvalue weighted by atomic mass is 16.7. The summed E-state index contributed by atoms with van der Waals surface area (Å²) in [5.41, 5.74) is 0. The van der Waals surface area contributed by atoms with Crippen LogP contribution in [0.5, 0.6) is 0 Å². The minimum atomic E-state index is -0.650. The van der Waals surface area contributed by atoms with Crippen LogP contribution in [-0.4, -0.2) is 93.1 Å². The van der Waals surface area contributed by atoms with E-state index in [1.807, 2.05) is 0 Å². The summed E-state index contributed by atoms with van der Waals surface area (Å²) in [6, 6.07) is 0. The van der Waals surface area contributed by atoms with Crippen LogP contribution in [0, 0.1) is 5.92 Å². The van der Waals surface area contributed by atoms with E-state index in [-0.39, 0.29) is 24.6 Å². The number of esters is 2. The Morgan fingerprint density at radius 1 is 0.429 bits per heavy atom. The minimum absolute atomic E-state index is 0.132. The van der Waals surface area contributed by atoms with Crippen LogP contribution in [0.1, 0.15) is 215 Å². The van der Waals surface area contributed by atoms with Crippen LogP contribution < -0.4 is 0 Å². The van der Waals surface area contributed by atoms with Gasteiger partial charge in [-0.25, -0.2) is 4.79 Å². The fraction of sp³-hybridized carbons (Fsp3) is 0.936. The summed E-state index contributed by atoms with van der Waals surface area (Å²) in [4.78, 5) is 42.6. The zero-order valence-electron chi connectivity index (χ0n) is 37.9. The first-order chi connectivity index (χ1) is 27.3. The van der Waals surface area contributed by atoms with Gasteiger partial charge in [-0.05, 0) is 64.0 Å². The zero-order chi connectivity index (χ0) is 41.3. The van der Waals surface area contributed by atoms with Crippen molar-refractivity contribution in [1.82, 2.24) is 9.80 Å². The summed E-state index contributed by atoms with van der Waals surface area (Å²) in [5, 5.41) is 0. The van der Waals surface area contributed by atoms with E-state index < -0.39 is 6.16 Å². The van der Waals surface area contributed by atoms with E-state index in [4.69, 9.17) is 18.9 Å². The van der Waals surface area contributed by atoms with Crippen molar-refractivity contribution in [2.75, 3.05) is 59.1 Å². The largest absolute Gasteiger partial charge is 0.508 e. The van der Waals surface area contributed by atoms with E-state index in [0.717, 1.165) is 84.0 Å². The number of nitrogens with zero attached hydrogens (tertiary/aromatic N) is 2. The van der Waals surface area contributed by atoms with Gasteiger partial charge in [0.25, 0.3) is 0 Å². The van der Waals surface area contributed by atoms with Gasteiger partial charge in [0.15, 0.2) is 0 Å². The highest BCUT2D eigenvalue weighted by Gasteiger charge is 2.19. The molecule has 0 aliphatic heterocycles. The fourth-order valence-corrected chi connectivity index (χ4v) is 7.20. The highest BCUT2D eigenvalue weighted by Crippen LogP contribution is 2.21. The summed E-state index contributed by atoms with van der Waals surface area (Å²) in [7, 11) is 0. The third-order valence-corrected chi connectivity index (χ3v) is 11.1. The molecule has 0 aromatic heterocycles. The van der Waals surface area contributed by atoms with Crippen LogP contribution in [0.4, 0.5) is 4.79 Å². The molecule has 0 N–H and O–H groups in total. The van der Waals surface area contributed by atoms with Crippen molar-refractivity contribution in [3.63, 3.8) is 0 Å². The van der Waals surface area contributed by atoms with Crippen molar-refractivity contribution in [3.8, 4) is 0 Å². The Kier molecular flexibility index (Phi) is 39.9. The number of ether oxygens (including phenoxy) is 4. The molecule has 0 saturated carbocycles. The second-order valence-electron chi connectivity index (χ2n) is 16.1. The summed E-state index contributed by atoms with van der Waals surface area (Å²) in [5.74, 6) is 0.175. The molecule has 9 nitrogen and oxygen atoms in total. The van der Waals surface area contributed by atoms with E-state index >= 15 is 0 Å². The second-order valence-corrected chi connectivity index (χ2v) is 16.1. The maximum Gasteiger partial charge on any atom is 0.508 e. The van der Waals surface area contributed by atoms with Crippen LogP contribution in [0.25, 0.3) is 0 Å². The van der Waals surface area contributed by atoms with E-state index in [1.165, 1.54) is 89.9 Å². The first-order valence-electron chi connectivity index (χ1n) is 23.9. The smallest absolute Gasteiger partial charge is 0.465 e. The average molecular weight is 797 g/mol. The number of hydrogen-bond acceptors (Lipinski definition) is 9. The van der Waals surface area contributed by atoms with Gasteiger partial charge in [-0.1, -0.05) is 157 Å². The van der Waals surface area contributed by atoms with Crippen LogP contribution in [0.2, 0.25) is 0 Å². The number of hydrogen-bond donors (Lipinski definition) is 0. The van der Waals surface area contributed by atoms with Gasteiger partial charge in [-0.2, -0.15) is 0 Å². The molecule has 0 rings (SSSR count). The molecule has 0 spiro atoms. The van der Waals surface area contributed by atoms with Crippen molar-refractivity contribution >= 4 is 18.1 Å². The molecule has 0 aliphatic rings. The summed E-state index contributed by atoms with van der Waals surface area (Å²) >= 11 is 0. The Hall–Kier alpha value is -1.87. The minimum Gasteiger partial charge on any atom is -0.465 e. The van der Waals surface area contributed by atoms with Crippen LogP contribution in [0.15, 0.2) is 0 Å². The van der Waals surface area contributed by atoms with Gasteiger partial charge in [-0.3, -0.25) is 14.5 Å². The van der Waals surface area contributed by atoms with E-state index in [1.54, 1.807) is 0 Å². The van der Waals surface area contributed by atoms with Crippen LogP contribution in [0.3, 0.4) is 0 Å². The first-order valence-corrected chi connectivity index (χ1v) is 23.9. The number of unbranched alkanes of at least 4 members (excludes halogenated alkanes) is 16. The Labute approximate surface area is 346 Å². The standard InChI is InChI=1S/C47H92N2O7/c1-7-13-17-21-23-26-31-43(30-25-19-15-9-3)42-55-46(51)35-29-33-44(32-27-20-16-10-4)56-47(52)54-41-39-49(37-36-48(11-5)12-6)38-40-53-45(50)34-28-24-22-18-14-8-2/h43-44H,7-42H2,1-6H3. The van der Waals surface area contributed by atoms with E-state index in [0.29, 0.717) is 57.9 Å². The molecule has 0 amide bonds. The molecule has 0 bridgehead atoms. The molecule has 0 radical (unpaired) electrons. The molecule has 0 aromatic rings. The summed E-state index contributed by atoms with van der Waals surface area (Å²) in [6.45, 7) is 19.0. The Bertz CT molecular complexity index is 885. The van der Waals surface area contributed by atoms with Crippen molar-refractivity contribution < 1.29 is 33.3 Å². The first kappa shape index (κ1) is 54.1. The lowest BCUT2D eigenvalue weighted by Crippen LogP contribution is -2.39. The molecule has 56 heavy (non-hydrogen) atoms. The third kappa shape index (κ3) is 35.3. The number of rotatable bonds is 42. The topological polar surface area (TPSA) is 94.6 Å². The lowest BCUT2D eigenvalue weighted by Gasteiger charge is -2.26. The monoisotopic (exact) mass is 797 g/mol. The molecule has 2 atom stereocenters. The predicted molar refractivity (Wildman–Crippen MR) is 233 cm³/mol. The lowest BCUT2D eigenvalue weighted by atomic mass is 9.95. The molecule has 0 heterocycles. The molecule has 0 aromatic carbocycles. The van der Waals surface area contributed by atoms with Gasteiger partial charge in [0.05, 0.1) is 6.61 Å². The zero-order valence-corrected chi connectivity index (χ0v) is 37.9. The van der Waals surface area contributed by atoms with Crippen molar-refractivity contribution in [3.05, 3.63) is 0 Å². The third-order valence-electron chi connectivity index (χ3n) is 11.1. The van der Waals surface area contributed by atoms with Crippen LogP contribution in [-0.2, 0) is 28.5 Å². The van der Waals surface area contributed by atoms with Gasteiger partial charge >= 0.3 is 18.1 Å². The summed E-state index contributed by atoms with van der Waals surface area (Å²) < 4.78 is 22.8. The van der Waals surface area contributed by atoms with Crippen molar-refractivity contribution in [2.24, 2.45) is 5.92 Å². The fourth-order valence-electron chi connectivity index (χ4n) is 7.20. The molecule has 2 unspecified atom stereocenters. The molecule has 0 aliphatic carbocycles. The molecule has 0 fully saturated rings. The Morgan fingerprint density at radius 2 is 0.857 bits per heavy atom.